The molecule has 0 spiro atoms. The van der Waals surface area contributed by atoms with Gasteiger partial charge in [0.15, 0.2) is 5.75 Å². The summed E-state index contributed by atoms with van der Waals surface area (Å²) >= 11 is 19.0. The molecule has 3 amide bonds. The van der Waals surface area contributed by atoms with Gasteiger partial charge in [-0.2, -0.15) is 13.2 Å². The number of aryl methyl sites for hydroxylation is 1. The van der Waals surface area contributed by atoms with Gasteiger partial charge in [0, 0.05) is 36.4 Å². The van der Waals surface area contributed by atoms with E-state index in [0.29, 0.717) is 43.4 Å². The lowest BCUT2D eigenvalue weighted by atomic mass is 10.1. The Morgan fingerprint density at radius 1 is 0.980 bits per heavy atom. The maximum atomic E-state index is 14.1. The van der Waals surface area contributed by atoms with E-state index in [-0.39, 0.29) is 57.2 Å². The monoisotopic (exact) mass is 740 g/mol. The van der Waals surface area contributed by atoms with Crippen LogP contribution in [0.4, 0.5) is 18.9 Å². The van der Waals surface area contributed by atoms with Crippen molar-refractivity contribution in [1.82, 2.24) is 15.5 Å². The molecule has 1 aliphatic carbocycles. The molecule has 2 fully saturated rings. The second-order valence-corrected chi connectivity index (χ2v) is 13.1. The highest BCUT2D eigenvalue weighted by Crippen LogP contribution is 2.35. The minimum Gasteiger partial charge on any atom is -0.490 e. The standard InChI is InChI=1S/C34H34Cl3F3N4O5/c1-20-12-27(36)32(28(37)13-20)49-11-10-48-25-7-5-24(6-8-25)44-29(17-41-18-31(44)46)33(47)43(23-3-4-23)19-22-14-21(2-9-26(22)35)16-42-30(45)15-34(38,39)40/h2,5-9,12-14,23,29,41H,3-4,10-11,15-19H2,1H3,(H,42,45)/t29-/m1/s1. The van der Waals surface area contributed by atoms with Crippen molar-refractivity contribution >= 4 is 58.2 Å². The van der Waals surface area contributed by atoms with Crippen LogP contribution in [0.5, 0.6) is 11.5 Å². The van der Waals surface area contributed by atoms with Crippen LogP contribution in [0.25, 0.3) is 0 Å². The Hall–Kier alpha value is -3.71. The molecule has 49 heavy (non-hydrogen) atoms. The van der Waals surface area contributed by atoms with Gasteiger partial charge in [-0.05, 0) is 78.9 Å². The zero-order valence-corrected chi connectivity index (χ0v) is 28.7. The number of anilines is 1. The van der Waals surface area contributed by atoms with Gasteiger partial charge in [0.1, 0.15) is 31.4 Å². The van der Waals surface area contributed by atoms with Gasteiger partial charge in [-0.25, -0.2) is 0 Å². The van der Waals surface area contributed by atoms with Crippen LogP contribution in [-0.4, -0.2) is 67.2 Å². The minimum atomic E-state index is -4.61. The molecule has 0 radical (unpaired) electrons. The number of carbonyl (C=O) groups excluding carboxylic acids is 3. The third-order valence-corrected chi connectivity index (χ3v) is 8.84. The Labute approximate surface area is 296 Å². The summed E-state index contributed by atoms with van der Waals surface area (Å²) in [5, 5.41) is 6.48. The van der Waals surface area contributed by atoms with E-state index in [4.69, 9.17) is 44.3 Å². The van der Waals surface area contributed by atoms with Gasteiger partial charge in [-0.15, -0.1) is 0 Å². The van der Waals surface area contributed by atoms with Gasteiger partial charge >= 0.3 is 6.18 Å². The first-order chi connectivity index (χ1) is 23.3. The molecule has 2 aliphatic rings. The van der Waals surface area contributed by atoms with Gasteiger partial charge in [-0.3, -0.25) is 19.3 Å². The van der Waals surface area contributed by atoms with Gasteiger partial charge in [-0.1, -0.05) is 46.9 Å². The van der Waals surface area contributed by atoms with Crippen LogP contribution in [0.1, 0.15) is 36.0 Å². The summed E-state index contributed by atoms with van der Waals surface area (Å²) in [4.78, 5) is 42.2. The van der Waals surface area contributed by atoms with Crippen molar-refractivity contribution in [3.63, 3.8) is 0 Å². The summed E-state index contributed by atoms with van der Waals surface area (Å²) in [6.07, 6.45) is -4.62. The molecule has 2 N–H and O–H groups in total. The summed E-state index contributed by atoms with van der Waals surface area (Å²) in [5.41, 5.74) is 2.54. The molecule has 5 rings (SSSR count). The lowest BCUT2D eigenvalue weighted by Crippen LogP contribution is -2.61. The highest BCUT2D eigenvalue weighted by Gasteiger charge is 2.41. The molecular formula is C34H34Cl3F3N4O5. The molecule has 0 bridgehead atoms. The number of halogens is 6. The summed E-state index contributed by atoms with van der Waals surface area (Å²) < 4.78 is 49.2. The van der Waals surface area contributed by atoms with Crippen molar-refractivity contribution in [2.45, 2.75) is 57.5 Å². The normalized spacial score (nSPS) is 16.3. The van der Waals surface area contributed by atoms with Crippen molar-refractivity contribution in [3.8, 4) is 11.5 Å². The van der Waals surface area contributed by atoms with Crippen LogP contribution < -0.4 is 25.0 Å². The van der Waals surface area contributed by atoms with Gasteiger partial charge in [0.2, 0.25) is 17.7 Å². The van der Waals surface area contributed by atoms with Crippen molar-refractivity contribution < 1.29 is 37.0 Å². The third kappa shape index (κ3) is 9.94. The van der Waals surface area contributed by atoms with E-state index >= 15 is 0 Å². The molecule has 3 aromatic rings. The Balaban J connectivity index is 1.23. The highest BCUT2D eigenvalue weighted by atomic mass is 35.5. The van der Waals surface area contributed by atoms with Crippen molar-refractivity contribution in [1.29, 1.82) is 0 Å². The van der Waals surface area contributed by atoms with E-state index in [0.717, 1.165) is 18.4 Å². The molecular weight excluding hydrogens is 708 g/mol. The number of piperazine rings is 1. The zero-order valence-electron chi connectivity index (χ0n) is 26.4. The lowest BCUT2D eigenvalue weighted by molar-refractivity contribution is -0.153. The first-order valence-corrected chi connectivity index (χ1v) is 16.7. The molecule has 15 heteroatoms. The maximum absolute atomic E-state index is 14.1. The van der Waals surface area contributed by atoms with Crippen LogP contribution in [0.3, 0.4) is 0 Å². The summed E-state index contributed by atoms with van der Waals surface area (Å²) in [6.45, 7) is 2.55. The molecule has 3 aromatic carbocycles. The average molecular weight is 742 g/mol. The predicted octanol–water partition coefficient (Wildman–Crippen LogP) is 6.48. The minimum absolute atomic E-state index is 0.0553. The predicted molar refractivity (Wildman–Crippen MR) is 180 cm³/mol. The number of amides is 3. The molecule has 9 nitrogen and oxygen atoms in total. The number of nitrogens with one attached hydrogen (secondary N) is 2. The lowest BCUT2D eigenvalue weighted by Gasteiger charge is -2.38. The largest absolute Gasteiger partial charge is 0.490 e. The Bertz CT molecular complexity index is 1670. The van der Waals surface area contributed by atoms with Crippen molar-refractivity contribution in [2.24, 2.45) is 0 Å². The molecule has 0 unspecified atom stereocenters. The van der Waals surface area contributed by atoms with Crippen LogP contribution in [-0.2, 0) is 27.5 Å². The number of nitrogens with zero attached hydrogens (tertiary/aromatic N) is 2. The van der Waals surface area contributed by atoms with E-state index in [1.165, 1.54) is 4.90 Å². The second kappa shape index (κ2) is 15.9. The Kier molecular flexibility index (Phi) is 11.9. The van der Waals surface area contributed by atoms with Crippen molar-refractivity contribution in [2.75, 3.05) is 31.2 Å². The van der Waals surface area contributed by atoms with Gasteiger partial charge in [0.25, 0.3) is 0 Å². The molecule has 1 atom stereocenters. The first-order valence-electron chi connectivity index (χ1n) is 15.5. The fraction of sp³-hybridized carbons (Fsp3) is 0.382. The highest BCUT2D eigenvalue weighted by molar-refractivity contribution is 6.37. The van der Waals surface area contributed by atoms with Gasteiger partial charge in [0.05, 0.1) is 16.6 Å². The maximum Gasteiger partial charge on any atom is 0.397 e. The topological polar surface area (TPSA) is 100 Å². The SMILES string of the molecule is Cc1cc(Cl)c(OCCOc2ccc(N3C(=O)CNC[C@@H]3C(=O)N(Cc3cc(CNC(=O)CC(F)(F)F)ccc3Cl)C3CC3)cc2)c(Cl)c1. The third-order valence-electron chi connectivity index (χ3n) is 7.91. The smallest absolute Gasteiger partial charge is 0.397 e. The van der Waals surface area contributed by atoms with Crippen molar-refractivity contribution in [3.05, 3.63) is 86.4 Å². The molecule has 0 aromatic heterocycles. The quantitative estimate of drug-likeness (QED) is 0.195. The number of rotatable bonds is 13. The number of alkyl halides is 3. The zero-order chi connectivity index (χ0) is 35.3. The average Bonchev–Trinajstić information content (AvgIpc) is 3.88. The van der Waals surface area contributed by atoms with Crippen LogP contribution >= 0.6 is 34.8 Å². The van der Waals surface area contributed by atoms with Gasteiger partial charge < -0.3 is 25.0 Å². The number of ether oxygens (including phenoxy) is 2. The van der Waals surface area contributed by atoms with E-state index in [2.05, 4.69) is 10.6 Å². The Morgan fingerprint density at radius 2 is 1.65 bits per heavy atom. The summed E-state index contributed by atoms with van der Waals surface area (Å²) in [6, 6.07) is 14.3. The van der Waals surface area contributed by atoms with Crippen LogP contribution in [0.2, 0.25) is 15.1 Å². The molecule has 1 saturated heterocycles. The Morgan fingerprint density at radius 3 is 2.31 bits per heavy atom. The fourth-order valence-corrected chi connectivity index (χ4v) is 6.35. The number of hydrogen-bond acceptors (Lipinski definition) is 6. The van der Waals surface area contributed by atoms with E-state index < -0.39 is 24.5 Å². The van der Waals surface area contributed by atoms with E-state index in [1.807, 2.05) is 6.92 Å². The van der Waals surface area contributed by atoms with E-state index in [1.54, 1.807) is 59.5 Å². The molecule has 1 aliphatic heterocycles. The fourth-order valence-electron chi connectivity index (χ4n) is 5.47. The molecule has 262 valence electrons. The number of benzene rings is 3. The number of hydrogen-bond donors (Lipinski definition) is 2. The summed E-state index contributed by atoms with van der Waals surface area (Å²) in [5.74, 6) is -0.777. The van der Waals surface area contributed by atoms with Crippen LogP contribution in [0, 0.1) is 6.92 Å². The number of carbonyl (C=O) groups is 3. The molecule has 1 heterocycles. The summed E-state index contributed by atoms with van der Waals surface area (Å²) in [7, 11) is 0. The van der Waals surface area contributed by atoms with E-state index in [9.17, 15) is 27.6 Å². The second-order valence-electron chi connectivity index (χ2n) is 11.9. The van der Waals surface area contributed by atoms with Crippen LogP contribution in [0.15, 0.2) is 54.6 Å². The first kappa shape index (κ1) is 36.6. The molecule has 1 saturated carbocycles.